The summed E-state index contributed by atoms with van der Waals surface area (Å²) in [6, 6.07) is 22.3. The molecule has 0 aromatic heterocycles. The van der Waals surface area contributed by atoms with Crippen molar-refractivity contribution >= 4 is 28.4 Å². The molecule has 2 aliphatic heterocycles. The summed E-state index contributed by atoms with van der Waals surface area (Å²) >= 11 is 1.77. The zero-order valence-electron chi connectivity index (χ0n) is 19.4. The Kier molecular flexibility index (Phi) is 6.61. The average molecular weight is 461 g/mol. The van der Waals surface area contributed by atoms with Crippen LogP contribution in [0.2, 0.25) is 0 Å². The second-order valence-corrected chi connectivity index (χ2v) is 10.4. The van der Waals surface area contributed by atoms with Crippen molar-refractivity contribution in [3.05, 3.63) is 71.8 Å². The molecule has 1 N–H and O–H groups in total. The van der Waals surface area contributed by atoms with Crippen molar-refractivity contribution in [3.8, 4) is 5.75 Å². The van der Waals surface area contributed by atoms with E-state index in [1.54, 1.807) is 18.9 Å². The van der Waals surface area contributed by atoms with Gasteiger partial charge in [0, 0.05) is 35.0 Å². The second-order valence-electron chi connectivity index (χ2n) is 9.12. The van der Waals surface area contributed by atoms with E-state index in [2.05, 4.69) is 53.5 Å². The molecule has 5 rings (SSSR count). The van der Waals surface area contributed by atoms with Crippen molar-refractivity contribution in [2.45, 2.75) is 62.2 Å². The number of amides is 1. The molecule has 2 unspecified atom stereocenters. The van der Waals surface area contributed by atoms with Crippen molar-refractivity contribution in [3.63, 3.8) is 0 Å². The van der Waals surface area contributed by atoms with Gasteiger partial charge in [-0.2, -0.15) is 0 Å². The molecule has 2 bridgehead atoms. The molecule has 0 aliphatic carbocycles. The van der Waals surface area contributed by atoms with Crippen LogP contribution in [0.5, 0.6) is 5.75 Å². The molecule has 4 nitrogen and oxygen atoms in total. The predicted octanol–water partition coefficient (Wildman–Crippen LogP) is 5.89. The van der Waals surface area contributed by atoms with E-state index in [0.717, 1.165) is 40.8 Å². The molecule has 2 fully saturated rings. The largest absolute Gasteiger partial charge is 0.495 e. The number of methoxy groups -OCH3 is 1. The lowest BCUT2D eigenvalue weighted by Gasteiger charge is -2.39. The molecule has 0 saturated carbocycles. The summed E-state index contributed by atoms with van der Waals surface area (Å²) in [5.74, 6) is 1.62. The van der Waals surface area contributed by atoms with Gasteiger partial charge in [-0.05, 0) is 48.5 Å². The van der Waals surface area contributed by atoms with Gasteiger partial charge in [0.25, 0.3) is 5.91 Å². The Bertz CT molecular complexity index is 1120. The lowest BCUT2D eigenvalue weighted by molar-refractivity contribution is 0.0825. The third-order valence-electron chi connectivity index (χ3n) is 7.13. The standard InChI is InChI=1S/C28H32N2O2S/c1-3-33-26-17-25(27(32-2)24-12-8-7-11-23(24)26)28(31)29-20-15-21-13-14-22(16-20)30(21)18-19-9-5-4-6-10-19/h4-12,17,20-22H,3,13-16,18H2,1-2H3,(H,29,31). The molecule has 2 atom stereocenters. The molecule has 2 saturated heterocycles. The molecular weight excluding hydrogens is 428 g/mol. The van der Waals surface area contributed by atoms with Crippen LogP contribution in [0.4, 0.5) is 0 Å². The highest BCUT2D eigenvalue weighted by Crippen LogP contribution is 2.39. The fraction of sp³-hybridized carbons (Fsp3) is 0.393. The smallest absolute Gasteiger partial charge is 0.255 e. The quantitative estimate of drug-likeness (QED) is 0.447. The lowest BCUT2D eigenvalue weighted by Crippen LogP contribution is -2.50. The van der Waals surface area contributed by atoms with E-state index >= 15 is 0 Å². The first-order chi connectivity index (χ1) is 16.2. The molecular formula is C28H32N2O2S. The van der Waals surface area contributed by atoms with Gasteiger partial charge in [-0.25, -0.2) is 0 Å². The van der Waals surface area contributed by atoms with Gasteiger partial charge in [0.15, 0.2) is 0 Å². The van der Waals surface area contributed by atoms with E-state index in [-0.39, 0.29) is 11.9 Å². The van der Waals surface area contributed by atoms with E-state index in [9.17, 15) is 4.79 Å². The first-order valence-corrected chi connectivity index (χ1v) is 13.0. The van der Waals surface area contributed by atoms with Crippen LogP contribution in [-0.2, 0) is 6.54 Å². The highest BCUT2D eigenvalue weighted by molar-refractivity contribution is 7.99. The number of hydrogen-bond donors (Lipinski definition) is 1. The first kappa shape index (κ1) is 22.3. The second kappa shape index (κ2) is 9.78. The monoisotopic (exact) mass is 460 g/mol. The number of carbonyl (C=O) groups excluding carboxylic acids is 1. The van der Waals surface area contributed by atoms with Crippen molar-refractivity contribution in [2.75, 3.05) is 12.9 Å². The van der Waals surface area contributed by atoms with Crippen LogP contribution in [0.25, 0.3) is 10.8 Å². The number of carbonyl (C=O) groups is 1. The van der Waals surface area contributed by atoms with E-state index in [1.165, 1.54) is 18.4 Å². The number of nitrogens with one attached hydrogen (secondary N) is 1. The van der Waals surface area contributed by atoms with Gasteiger partial charge in [-0.15, -0.1) is 11.8 Å². The maximum Gasteiger partial charge on any atom is 0.255 e. The Morgan fingerprint density at radius 3 is 2.36 bits per heavy atom. The molecule has 0 spiro atoms. The topological polar surface area (TPSA) is 41.6 Å². The first-order valence-electron chi connectivity index (χ1n) is 12.0. The number of ether oxygens (including phenoxy) is 1. The Hall–Kier alpha value is -2.50. The molecule has 3 aromatic carbocycles. The summed E-state index contributed by atoms with van der Waals surface area (Å²) in [5.41, 5.74) is 2.02. The van der Waals surface area contributed by atoms with Gasteiger partial charge in [0.05, 0.1) is 12.7 Å². The Labute approximate surface area is 200 Å². The minimum Gasteiger partial charge on any atom is -0.495 e. The number of piperidine rings is 1. The molecule has 0 radical (unpaired) electrons. The molecule has 172 valence electrons. The highest BCUT2D eigenvalue weighted by atomic mass is 32.2. The Morgan fingerprint density at radius 1 is 1.03 bits per heavy atom. The van der Waals surface area contributed by atoms with Gasteiger partial charge in [0.2, 0.25) is 0 Å². The maximum absolute atomic E-state index is 13.5. The van der Waals surface area contributed by atoms with Crippen LogP contribution < -0.4 is 10.1 Å². The van der Waals surface area contributed by atoms with E-state index in [0.29, 0.717) is 23.4 Å². The SMILES string of the molecule is CCSc1cc(C(=O)NC2CC3CCC(C2)N3Cc2ccccc2)c(OC)c2ccccc12. The van der Waals surface area contributed by atoms with E-state index in [4.69, 9.17) is 4.74 Å². The van der Waals surface area contributed by atoms with Crippen molar-refractivity contribution in [1.82, 2.24) is 10.2 Å². The van der Waals surface area contributed by atoms with Crippen LogP contribution in [0.1, 0.15) is 48.5 Å². The van der Waals surface area contributed by atoms with Gasteiger partial charge in [-0.3, -0.25) is 9.69 Å². The molecule has 2 aliphatic rings. The van der Waals surface area contributed by atoms with Crippen LogP contribution in [0.15, 0.2) is 65.6 Å². The fourth-order valence-electron chi connectivity index (χ4n) is 5.69. The average Bonchev–Trinajstić information content (AvgIpc) is 3.07. The highest BCUT2D eigenvalue weighted by Gasteiger charge is 2.41. The lowest BCUT2D eigenvalue weighted by atomic mass is 9.96. The van der Waals surface area contributed by atoms with Gasteiger partial charge < -0.3 is 10.1 Å². The summed E-state index contributed by atoms with van der Waals surface area (Å²) in [4.78, 5) is 17.3. The van der Waals surface area contributed by atoms with E-state index in [1.807, 2.05) is 24.3 Å². The minimum absolute atomic E-state index is 0.0172. The molecule has 5 heteroatoms. The zero-order valence-corrected chi connectivity index (χ0v) is 20.2. The Balaban J connectivity index is 1.34. The number of hydrogen-bond acceptors (Lipinski definition) is 4. The van der Waals surface area contributed by atoms with Crippen LogP contribution in [0.3, 0.4) is 0 Å². The fourth-order valence-corrected chi connectivity index (χ4v) is 6.53. The van der Waals surface area contributed by atoms with Crippen molar-refractivity contribution < 1.29 is 9.53 Å². The third-order valence-corrected chi connectivity index (χ3v) is 8.07. The third kappa shape index (κ3) is 4.49. The predicted molar refractivity (Wildman–Crippen MR) is 136 cm³/mol. The molecule has 1 amide bonds. The molecule has 3 aromatic rings. The number of benzene rings is 3. The number of thioether (sulfide) groups is 1. The van der Waals surface area contributed by atoms with Gasteiger partial charge in [0.1, 0.15) is 5.75 Å². The maximum atomic E-state index is 13.5. The normalized spacial score (nSPS) is 22.4. The molecule has 2 heterocycles. The van der Waals surface area contributed by atoms with Crippen LogP contribution >= 0.6 is 11.8 Å². The Morgan fingerprint density at radius 2 is 1.70 bits per heavy atom. The van der Waals surface area contributed by atoms with Gasteiger partial charge >= 0.3 is 0 Å². The number of fused-ring (bicyclic) bond motifs is 3. The van der Waals surface area contributed by atoms with Crippen LogP contribution in [0, 0.1) is 0 Å². The number of nitrogens with zero attached hydrogens (tertiary/aromatic N) is 1. The summed E-state index contributed by atoms with van der Waals surface area (Å²) < 4.78 is 5.76. The van der Waals surface area contributed by atoms with Crippen molar-refractivity contribution in [2.24, 2.45) is 0 Å². The van der Waals surface area contributed by atoms with Gasteiger partial charge in [-0.1, -0.05) is 61.5 Å². The summed E-state index contributed by atoms with van der Waals surface area (Å²) in [7, 11) is 1.66. The number of rotatable bonds is 7. The molecule has 33 heavy (non-hydrogen) atoms. The van der Waals surface area contributed by atoms with Crippen LogP contribution in [-0.4, -0.2) is 41.8 Å². The van der Waals surface area contributed by atoms with E-state index < -0.39 is 0 Å². The summed E-state index contributed by atoms with van der Waals surface area (Å²) in [6.45, 7) is 3.15. The zero-order chi connectivity index (χ0) is 22.8. The van der Waals surface area contributed by atoms with Crippen molar-refractivity contribution in [1.29, 1.82) is 0 Å². The summed E-state index contributed by atoms with van der Waals surface area (Å²) in [5, 5.41) is 5.52. The summed E-state index contributed by atoms with van der Waals surface area (Å²) in [6.07, 6.45) is 4.48. The minimum atomic E-state index is -0.0172.